The summed E-state index contributed by atoms with van der Waals surface area (Å²) in [6, 6.07) is 25.5. The van der Waals surface area contributed by atoms with Gasteiger partial charge in [0.2, 0.25) is 5.82 Å². The Kier molecular flexibility index (Phi) is 5.69. The van der Waals surface area contributed by atoms with Gasteiger partial charge in [-0.2, -0.15) is 21.0 Å². The van der Waals surface area contributed by atoms with Crippen molar-refractivity contribution in [1.29, 1.82) is 21.0 Å². The number of fused-ring (bicyclic) bond motifs is 3. The van der Waals surface area contributed by atoms with Gasteiger partial charge in [-0.15, -0.1) is 0 Å². The molecule has 1 aliphatic heterocycles. The summed E-state index contributed by atoms with van der Waals surface area (Å²) >= 11 is 0. The number of aromatic nitrogens is 6. The maximum atomic E-state index is 10.3. The van der Waals surface area contributed by atoms with E-state index in [2.05, 4.69) is 52.0 Å². The molecule has 43 heavy (non-hydrogen) atoms. The number of allylic oxidation sites excluding steroid dienone is 1. The molecule has 1 unspecified atom stereocenters. The first-order chi connectivity index (χ1) is 21.1. The molecule has 0 saturated carbocycles. The van der Waals surface area contributed by atoms with Crippen LogP contribution < -0.4 is 10.7 Å². The zero-order valence-corrected chi connectivity index (χ0v) is 21.7. The van der Waals surface area contributed by atoms with Crippen LogP contribution in [0.25, 0.3) is 45.2 Å². The van der Waals surface area contributed by atoms with Crippen LogP contribution in [0.2, 0.25) is 0 Å². The van der Waals surface area contributed by atoms with E-state index in [-0.39, 0.29) is 51.2 Å². The standard InChI is InChI=1S/C30H12N12O/c31-11-15(12-32)25-37-22-10-9-16(17(13-33)24(22)39-25)26-40-28(18(14-34)27-35-19-5-1-2-6-20(19)36-27)42-29(41-26)30-38-21-7-3-4-8-23(21)43-30/h1-10,18H,(H,35,36). The van der Waals surface area contributed by atoms with Crippen LogP contribution in [0.5, 0.6) is 0 Å². The molecule has 0 saturated heterocycles. The first-order valence-corrected chi connectivity index (χ1v) is 12.6. The molecular weight excluding hydrogens is 544 g/mol. The molecule has 0 radical (unpaired) electrons. The van der Waals surface area contributed by atoms with Gasteiger partial charge in [-0.3, -0.25) is 0 Å². The van der Waals surface area contributed by atoms with Gasteiger partial charge in [0, 0.05) is 5.56 Å². The van der Waals surface area contributed by atoms with E-state index in [1.54, 1.807) is 42.5 Å². The minimum absolute atomic E-state index is 0.0374. The van der Waals surface area contributed by atoms with E-state index in [4.69, 9.17) is 4.42 Å². The second-order valence-corrected chi connectivity index (χ2v) is 9.14. The van der Waals surface area contributed by atoms with E-state index < -0.39 is 5.92 Å². The number of imidazole rings is 1. The molecule has 0 fully saturated rings. The van der Waals surface area contributed by atoms with E-state index in [9.17, 15) is 21.0 Å². The summed E-state index contributed by atoms with van der Waals surface area (Å²) in [5, 5.41) is 39.5. The van der Waals surface area contributed by atoms with Crippen molar-refractivity contribution >= 4 is 22.1 Å². The zero-order chi connectivity index (χ0) is 29.5. The SMILES string of the molecule is N#CC(C#N)=C1N=c2ccc(-c3nc(-c4nc5ccccc5o4)nc(C(C#N)c4nc5ccccc5[nH]4)n3)c(C#N)c2=N1. The summed E-state index contributed by atoms with van der Waals surface area (Å²) in [4.78, 5) is 34.5. The van der Waals surface area contributed by atoms with Crippen molar-refractivity contribution in [1.82, 2.24) is 29.9 Å². The normalized spacial score (nSPS) is 12.3. The van der Waals surface area contributed by atoms with Crippen LogP contribution >= 0.6 is 0 Å². The Morgan fingerprint density at radius 2 is 1.53 bits per heavy atom. The number of hydrogen-bond donors (Lipinski definition) is 1. The van der Waals surface area contributed by atoms with Gasteiger partial charge in [-0.05, 0) is 36.4 Å². The molecule has 0 spiro atoms. The summed E-state index contributed by atoms with van der Waals surface area (Å²) in [5.74, 6) is -0.590. The number of aromatic amines is 1. The molecular formula is C30H12N12O. The number of para-hydroxylation sites is 4. The molecule has 13 nitrogen and oxygen atoms in total. The third kappa shape index (κ3) is 4.11. The average Bonchev–Trinajstić information content (AvgIpc) is 3.78. The van der Waals surface area contributed by atoms with Crippen LogP contribution in [0.15, 0.2) is 86.5 Å². The Bertz CT molecular complexity index is 2400. The minimum atomic E-state index is -1.04. The summed E-state index contributed by atoms with van der Waals surface area (Å²) in [5.41, 5.74) is 2.53. The second-order valence-electron chi connectivity index (χ2n) is 9.14. The fourth-order valence-corrected chi connectivity index (χ4v) is 4.62. The predicted molar refractivity (Wildman–Crippen MR) is 147 cm³/mol. The van der Waals surface area contributed by atoms with Crippen molar-refractivity contribution in [2.75, 3.05) is 0 Å². The van der Waals surface area contributed by atoms with Gasteiger partial charge in [0.1, 0.15) is 34.9 Å². The van der Waals surface area contributed by atoms with Gasteiger partial charge in [0.25, 0.3) is 5.89 Å². The number of nitrogens with zero attached hydrogens (tertiary/aromatic N) is 11. The highest BCUT2D eigenvalue weighted by Crippen LogP contribution is 2.28. The Morgan fingerprint density at radius 3 is 2.28 bits per heavy atom. The summed E-state index contributed by atoms with van der Waals surface area (Å²) in [6.45, 7) is 0. The van der Waals surface area contributed by atoms with E-state index in [1.807, 2.05) is 30.3 Å². The number of nitrogens with one attached hydrogen (secondary N) is 1. The van der Waals surface area contributed by atoms with Crippen LogP contribution in [0.3, 0.4) is 0 Å². The maximum Gasteiger partial charge on any atom is 0.266 e. The van der Waals surface area contributed by atoms with Gasteiger partial charge in [-0.1, -0.05) is 24.3 Å². The topological polar surface area (TPSA) is 213 Å². The number of H-pyrrole nitrogens is 1. The van der Waals surface area contributed by atoms with Crippen LogP contribution in [0, 0.1) is 45.3 Å². The molecule has 1 N–H and O–H groups in total. The smallest absolute Gasteiger partial charge is 0.266 e. The average molecular weight is 557 g/mol. The highest BCUT2D eigenvalue weighted by atomic mass is 16.3. The highest BCUT2D eigenvalue weighted by molar-refractivity contribution is 5.76. The van der Waals surface area contributed by atoms with Gasteiger partial charge < -0.3 is 9.40 Å². The molecule has 1 atom stereocenters. The maximum absolute atomic E-state index is 10.3. The third-order valence-electron chi connectivity index (χ3n) is 6.61. The number of oxazole rings is 1. The van der Waals surface area contributed by atoms with Crippen molar-refractivity contribution in [3.05, 3.63) is 100.0 Å². The molecule has 1 aliphatic rings. The molecule has 0 aliphatic carbocycles. The van der Waals surface area contributed by atoms with E-state index >= 15 is 0 Å². The first kappa shape index (κ1) is 24.9. The summed E-state index contributed by atoms with van der Waals surface area (Å²) in [7, 11) is 0. The van der Waals surface area contributed by atoms with Crippen molar-refractivity contribution < 1.29 is 4.42 Å². The monoisotopic (exact) mass is 556 g/mol. The number of benzene rings is 3. The highest BCUT2D eigenvalue weighted by Gasteiger charge is 2.26. The molecule has 13 heteroatoms. The summed E-state index contributed by atoms with van der Waals surface area (Å²) in [6.07, 6.45) is 0. The fraction of sp³-hybridized carbons (Fsp3) is 0.0333. The molecule has 3 aromatic carbocycles. The molecule has 4 heterocycles. The van der Waals surface area contributed by atoms with Crippen LogP contribution in [-0.4, -0.2) is 29.9 Å². The molecule has 3 aromatic heterocycles. The predicted octanol–water partition coefficient (Wildman–Crippen LogP) is 3.26. The molecule has 6 aromatic rings. The number of hydrogen-bond acceptors (Lipinski definition) is 12. The van der Waals surface area contributed by atoms with Gasteiger partial charge >= 0.3 is 0 Å². The molecule has 0 amide bonds. The Morgan fingerprint density at radius 1 is 0.767 bits per heavy atom. The number of rotatable bonds is 4. The lowest BCUT2D eigenvalue weighted by Crippen LogP contribution is -2.26. The van der Waals surface area contributed by atoms with E-state index in [1.165, 1.54) is 0 Å². The lowest BCUT2D eigenvalue weighted by Gasteiger charge is -2.09. The molecule has 0 bridgehead atoms. The van der Waals surface area contributed by atoms with Crippen molar-refractivity contribution in [2.24, 2.45) is 9.98 Å². The quantitative estimate of drug-likeness (QED) is 0.313. The largest absolute Gasteiger partial charge is 0.434 e. The van der Waals surface area contributed by atoms with Crippen LogP contribution in [0.1, 0.15) is 23.1 Å². The molecule has 7 rings (SSSR count). The van der Waals surface area contributed by atoms with Crippen molar-refractivity contribution in [3.8, 4) is 47.4 Å². The Balaban J connectivity index is 1.47. The van der Waals surface area contributed by atoms with Gasteiger partial charge in [0.05, 0.1) is 28.0 Å². The molecule has 198 valence electrons. The van der Waals surface area contributed by atoms with Crippen molar-refractivity contribution in [3.63, 3.8) is 0 Å². The fourth-order valence-electron chi connectivity index (χ4n) is 4.62. The van der Waals surface area contributed by atoms with E-state index in [0.29, 0.717) is 27.8 Å². The lowest BCUT2D eigenvalue weighted by molar-refractivity contribution is 0.610. The zero-order valence-electron chi connectivity index (χ0n) is 21.7. The summed E-state index contributed by atoms with van der Waals surface area (Å²) < 4.78 is 5.93. The van der Waals surface area contributed by atoms with Gasteiger partial charge in [-0.25, -0.2) is 34.9 Å². The lowest BCUT2D eigenvalue weighted by atomic mass is 10.1. The van der Waals surface area contributed by atoms with E-state index in [0.717, 1.165) is 5.52 Å². The van der Waals surface area contributed by atoms with Crippen LogP contribution in [0.4, 0.5) is 0 Å². The van der Waals surface area contributed by atoms with Gasteiger partial charge in [0.15, 0.2) is 34.5 Å². The Hall–Kier alpha value is -7.09. The van der Waals surface area contributed by atoms with Crippen LogP contribution in [-0.2, 0) is 0 Å². The minimum Gasteiger partial charge on any atom is -0.434 e. The first-order valence-electron chi connectivity index (χ1n) is 12.6. The number of nitriles is 4. The second kappa shape index (κ2) is 9.83. The third-order valence-corrected chi connectivity index (χ3v) is 6.61. The van der Waals surface area contributed by atoms with Crippen molar-refractivity contribution in [2.45, 2.75) is 5.92 Å². The Labute approximate surface area is 240 Å².